The van der Waals surface area contributed by atoms with Crippen molar-refractivity contribution in [3.8, 4) is 28.8 Å². The fourth-order valence-electron chi connectivity index (χ4n) is 6.81. The number of aryl methyl sites for hydroxylation is 1. The number of aliphatic carboxylic acids is 1. The molecule has 2 N–H and O–H groups in total. The van der Waals surface area contributed by atoms with Gasteiger partial charge in [-0.3, -0.25) is 9.59 Å². The highest BCUT2D eigenvalue weighted by Crippen LogP contribution is 2.46. The van der Waals surface area contributed by atoms with E-state index in [1.807, 2.05) is 55.5 Å². The first kappa shape index (κ1) is 31.3. The summed E-state index contributed by atoms with van der Waals surface area (Å²) in [6.45, 7) is 2.50. The van der Waals surface area contributed by atoms with Crippen molar-refractivity contribution in [1.82, 2.24) is 20.2 Å². The number of methoxy groups -OCH3 is 2. The van der Waals surface area contributed by atoms with Crippen molar-refractivity contribution in [2.75, 3.05) is 27.8 Å². The molecule has 1 aliphatic heterocycles. The number of aromatic nitrogens is 2. The molecule has 2 aromatic carbocycles. The molecule has 5 unspecified atom stereocenters. The number of hydrogen-bond donors (Lipinski definition) is 2. The Morgan fingerprint density at radius 2 is 1.78 bits per heavy atom. The topological polar surface area (TPSA) is 140 Å². The number of benzene rings is 2. The van der Waals surface area contributed by atoms with Gasteiger partial charge in [-0.05, 0) is 81.8 Å². The van der Waals surface area contributed by atoms with Crippen molar-refractivity contribution in [2.24, 2.45) is 17.8 Å². The van der Waals surface area contributed by atoms with E-state index in [1.54, 1.807) is 26.2 Å². The maximum absolute atomic E-state index is 13.8. The van der Waals surface area contributed by atoms with Gasteiger partial charge in [0.2, 0.25) is 17.7 Å². The number of amides is 2. The third-order valence-electron chi connectivity index (χ3n) is 9.66. The van der Waals surface area contributed by atoms with Gasteiger partial charge >= 0.3 is 5.97 Å². The van der Waals surface area contributed by atoms with Crippen molar-refractivity contribution in [3.63, 3.8) is 0 Å². The van der Waals surface area contributed by atoms with Gasteiger partial charge in [-0.2, -0.15) is 4.98 Å². The smallest absolute Gasteiger partial charge is 0.330 e. The van der Waals surface area contributed by atoms with Crippen LogP contribution in [0.15, 0.2) is 48.6 Å². The first-order chi connectivity index (χ1) is 22.1. The highest BCUT2D eigenvalue weighted by Gasteiger charge is 2.61. The Morgan fingerprint density at radius 3 is 2.50 bits per heavy atom. The summed E-state index contributed by atoms with van der Waals surface area (Å²) in [5.74, 6) is -1.14. The van der Waals surface area contributed by atoms with Crippen LogP contribution < -0.4 is 19.5 Å². The van der Waals surface area contributed by atoms with Gasteiger partial charge in [0, 0.05) is 30.6 Å². The summed E-state index contributed by atoms with van der Waals surface area (Å²) in [6, 6.07) is 11.1. The van der Waals surface area contributed by atoms with E-state index in [9.17, 15) is 19.5 Å². The van der Waals surface area contributed by atoms with E-state index in [-0.39, 0.29) is 18.2 Å². The number of hydrogen-bond acceptors (Lipinski definition) is 8. The van der Waals surface area contributed by atoms with Crippen LogP contribution in [0.3, 0.4) is 0 Å². The molecule has 6 rings (SSSR count). The maximum Gasteiger partial charge on any atom is 0.330 e. The predicted octanol–water partition coefficient (Wildman–Crippen LogP) is 4.55. The first-order valence-corrected chi connectivity index (χ1v) is 15.8. The summed E-state index contributed by atoms with van der Waals surface area (Å²) in [5, 5.41) is 13.6. The number of allylic oxidation sites excluding steroid dienone is 1. The lowest BCUT2D eigenvalue weighted by molar-refractivity contribution is -0.145. The zero-order valence-electron chi connectivity index (χ0n) is 26.6. The van der Waals surface area contributed by atoms with Crippen molar-refractivity contribution in [3.05, 3.63) is 54.1 Å². The second kappa shape index (κ2) is 12.6. The molecule has 46 heavy (non-hydrogen) atoms. The Labute approximate surface area is 267 Å². The zero-order chi connectivity index (χ0) is 32.6. The van der Waals surface area contributed by atoms with Gasteiger partial charge < -0.3 is 29.5 Å². The zero-order valence-corrected chi connectivity index (χ0v) is 26.6. The van der Waals surface area contributed by atoms with Crippen LogP contribution in [0.1, 0.15) is 44.1 Å². The first-order valence-electron chi connectivity index (χ1n) is 15.8. The molecule has 2 amide bonds. The molecular weight excluding hydrogens is 588 g/mol. The number of carboxylic acid groups (broad SMARTS) is 1. The molecule has 11 heteroatoms. The van der Waals surface area contributed by atoms with Crippen LogP contribution in [0.4, 0.5) is 0 Å². The van der Waals surface area contributed by atoms with Crippen LogP contribution in [0.5, 0.6) is 17.4 Å². The van der Waals surface area contributed by atoms with E-state index in [0.717, 1.165) is 30.4 Å². The SMILES string of the molecule is COc1ccc(-c2nc(OC3CC4C(=O)NC5(C(=O)O)CC5/C=C\CCCCN(C)C(=O)C4C3)c3ccc(OC)c(C)c3n2)cc1. The average Bonchev–Trinajstić information content (AvgIpc) is 3.59. The van der Waals surface area contributed by atoms with Crippen molar-refractivity contribution >= 4 is 28.7 Å². The summed E-state index contributed by atoms with van der Waals surface area (Å²) < 4.78 is 17.5. The van der Waals surface area contributed by atoms with Gasteiger partial charge in [0.1, 0.15) is 23.1 Å². The van der Waals surface area contributed by atoms with Crippen LogP contribution in [0, 0.1) is 24.7 Å². The van der Waals surface area contributed by atoms with Gasteiger partial charge in [-0.25, -0.2) is 9.78 Å². The molecule has 11 nitrogen and oxygen atoms in total. The maximum atomic E-state index is 13.8. The number of carbonyl (C=O) groups is 3. The summed E-state index contributed by atoms with van der Waals surface area (Å²) in [5.41, 5.74) is 0.904. The quantitative estimate of drug-likeness (QED) is 0.376. The minimum Gasteiger partial charge on any atom is -0.497 e. The molecule has 2 heterocycles. The van der Waals surface area contributed by atoms with E-state index >= 15 is 0 Å². The molecule has 3 aromatic rings. The van der Waals surface area contributed by atoms with E-state index in [4.69, 9.17) is 24.2 Å². The van der Waals surface area contributed by atoms with Crippen molar-refractivity contribution in [1.29, 1.82) is 0 Å². The van der Waals surface area contributed by atoms with Crippen molar-refractivity contribution < 1.29 is 33.7 Å². The molecule has 3 aliphatic rings. The molecule has 242 valence electrons. The number of carbonyl (C=O) groups excluding carboxylic acids is 2. The minimum atomic E-state index is -1.34. The highest BCUT2D eigenvalue weighted by atomic mass is 16.5. The molecule has 0 spiro atoms. The Morgan fingerprint density at radius 1 is 1.02 bits per heavy atom. The molecule has 1 aromatic heterocycles. The number of ether oxygens (including phenoxy) is 3. The normalized spacial score (nSPS) is 27.2. The van der Waals surface area contributed by atoms with Crippen molar-refractivity contribution in [2.45, 2.75) is 57.1 Å². The lowest BCUT2D eigenvalue weighted by atomic mass is 9.93. The van der Waals surface area contributed by atoms with Crippen LogP contribution in [-0.2, 0) is 14.4 Å². The molecule has 0 saturated heterocycles. The van der Waals surface area contributed by atoms with Gasteiger partial charge in [0.05, 0.1) is 37.0 Å². The second-order valence-electron chi connectivity index (χ2n) is 12.6. The van der Waals surface area contributed by atoms with Gasteiger partial charge in [-0.1, -0.05) is 12.2 Å². The van der Waals surface area contributed by atoms with Crippen LogP contribution in [0.25, 0.3) is 22.3 Å². The number of fused-ring (bicyclic) bond motifs is 3. The van der Waals surface area contributed by atoms with E-state index in [1.165, 1.54) is 0 Å². The second-order valence-corrected chi connectivity index (χ2v) is 12.6. The van der Waals surface area contributed by atoms with Gasteiger partial charge in [0.15, 0.2) is 5.82 Å². The Kier molecular flexibility index (Phi) is 8.59. The van der Waals surface area contributed by atoms with Crippen LogP contribution in [-0.4, -0.2) is 77.2 Å². The van der Waals surface area contributed by atoms with Crippen LogP contribution >= 0.6 is 0 Å². The number of carboxylic acids is 1. The average molecular weight is 629 g/mol. The highest BCUT2D eigenvalue weighted by molar-refractivity contribution is 5.94. The Bertz CT molecular complexity index is 1690. The fourth-order valence-corrected chi connectivity index (χ4v) is 6.81. The lowest BCUT2D eigenvalue weighted by Gasteiger charge is -2.26. The number of rotatable bonds is 6. The van der Waals surface area contributed by atoms with E-state index in [2.05, 4.69) is 5.32 Å². The molecular formula is C35H40N4O7. The van der Waals surface area contributed by atoms with E-state index in [0.29, 0.717) is 53.5 Å². The summed E-state index contributed by atoms with van der Waals surface area (Å²) in [6.07, 6.45) is 6.73. The molecule has 5 atom stereocenters. The molecule has 2 fully saturated rings. The van der Waals surface area contributed by atoms with Gasteiger partial charge in [-0.15, -0.1) is 0 Å². The molecule has 2 aliphatic carbocycles. The van der Waals surface area contributed by atoms with Gasteiger partial charge in [0.25, 0.3) is 0 Å². The Hall–Kier alpha value is -4.67. The van der Waals surface area contributed by atoms with E-state index < -0.39 is 35.4 Å². The summed E-state index contributed by atoms with van der Waals surface area (Å²) >= 11 is 0. The largest absolute Gasteiger partial charge is 0.497 e. The molecule has 2 saturated carbocycles. The summed E-state index contributed by atoms with van der Waals surface area (Å²) in [4.78, 5) is 51.3. The molecule has 0 radical (unpaired) electrons. The lowest BCUT2D eigenvalue weighted by Crippen LogP contribution is -2.49. The third-order valence-corrected chi connectivity index (χ3v) is 9.66. The van der Waals surface area contributed by atoms with Crippen LogP contribution in [0.2, 0.25) is 0 Å². The monoisotopic (exact) mass is 628 g/mol. The Balaban J connectivity index is 1.35. The standard InChI is InChI=1S/C35H40N4O7/c1-20-28(45-4)15-14-25-29(20)36-30(21-10-12-23(44-3)13-11-21)37-32(25)46-24-17-26-27(18-24)33(41)39(2)16-8-6-5-7-9-22-19-35(22,34(42)43)38-31(26)40/h7,9-15,22,24,26-27H,5-6,8,16-19H2,1-4H3,(H,38,40)(H,42,43)/b9-7-. The third kappa shape index (κ3) is 5.86. The fraction of sp³-hybridized carbons (Fsp3) is 0.457. The number of nitrogens with one attached hydrogen (secondary N) is 1. The minimum absolute atomic E-state index is 0.136. The number of nitrogens with zero attached hydrogens (tertiary/aromatic N) is 3. The summed E-state index contributed by atoms with van der Waals surface area (Å²) in [7, 11) is 4.97. The predicted molar refractivity (Wildman–Crippen MR) is 171 cm³/mol. The molecule has 0 bridgehead atoms.